The molecule has 5 nitrogen and oxygen atoms in total. The molecule has 28 heavy (non-hydrogen) atoms. The zero-order chi connectivity index (χ0) is 19.9. The summed E-state index contributed by atoms with van der Waals surface area (Å²) >= 11 is 3.33. The minimum absolute atomic E-state index is 0.0140. The third kappa shape index (κ3) is 3.90. The lowest BCUT2D eigenvalue weighted by Crippen LogP contribution is -2.36. The number of benzene rings is 1. The Morgan fingerprint density at radius 1 is 1.21 bits per heavy atom. The first-order valence-electron chi connectivity index (χ1n) is 9.30. The van der Waals surface area contributed by atoms with Gasteiger partial charge in [0.2, 0.25) is 0 Å². The van der Waals surface area contributed by atoms with Crippen LogP contribution in [0.4, 0.5) is 19.0 Å². The highest BCUT2D eigenvalue weighted by Gasteiger charge is 2.46. The molecule has 1 amide bonds. The van der Waals surface area contributed by atoms with Crippen molar-refractivity contribution in [1.82, 2.24) is 15.1 Å². The monoisotopic (exact) mass is 456 g/mol. The number of alkyl halides is 3. The summed E-state index contributed by atoms with van der Waals surface area (Å²) in [6.45, 7) is 0. The van der Waals surface area contributed by atoms with E-state index in [1.54, 1.807) is 24.3 Å². The third-order valence-electron chi connectivity index (χ3n) is 5.39. The predicted octanol–water partition coefficient (Wildman–Crippen LogP) is 4.98. The van der Waals surface area contributed by atoms with Crippen LogP contribution in [-0.2, 0) is 0 Å². The van der Waals surface area contributed by atoms with E-state index in [0.717, 1.165) is 40.4 Å². The second-order valence-corrected chi connectivity index (χ2v) is 8.27. The third-order valence-corrected chi connectivity index (χ3v) is 5.91. The van der Waals surface area contributed by atoms with Gasteiger partial charge in [0.25, 0.3) is 5.91 Å². The van der Waals surface area contributed by atoms with E-state index in [9.17, 15) is 18.0 Å². The first-order chi connectivity index (χ1) is 13.3. The lowest BCUT2D eigenvalue weighted by Gasteiger charge is -2.33. The molecular formula is C19H20BrF3N4O. The summed E-state index contributed by atoms with van der Waals surface area (Å²) in [6.07, 6.45) is -0.754. The van der Waals surface area contributed by atoms with Crippen molar-refractivity contribution in [3.05, 3.63) is 46.1 Å². The van der Waals surface area contributed by atoms with Gasteiger partial charge in [0, 0.05) is 23.0 Å². The van der Waals surface area contributed by atoms with Gasteiger partial charge in [-0.05, 0) is 30.5 Å². The zero-order valence-electron chi connectivity index (χ0n) is 15.0. The molecular weight excluding hydrogens is 437 g/mol. The molecule has 2 N–H and O–H groups in total. The first-order valence-corrected chi connectivity index (χ1v) is 10.1. The number of halogens is 4. The van der Waals surface area contributed by atoms with E-state index >= 15 is 0 Å². The van der Waals surface area contributed by atoms with Gasteiger partial charge in [-0.1, -0.05) is 40.9 Å². The van der Waals surface area contributed by atoms with Crippen LogP contribution in [0.2, 0.25) is 0 Å². The van der Waals surface area contributed by atoms with E-state index in [4.69, 9.17) is 0 Å². The van der Waals surface area contributed by atoms with Crippen LogP contribution < -0.4 is 10.6 Å². The van der Waals surface area contributed by atoms with Gasteiger partial charge in [-0.3, -0.25) is 4.79 Å². The van der Waals surface area contributed by atoms with Crippen molar-refractivity contribution in [2.24, 2.45) is 0 Å². The Hall–Kier alpha value is -2.03. The van der Waals surface area contributed by atoms with Gasteiger partial charge in [-0.25, -0.2) is 4.68 Å². The molecule has 150 valence electrons. The molecule has 9 heteroatoms. The van der Waals surface area contributed by atoms with Crippen molar-refractivity contribution in [3.63, 3.8) is 0 Å². The first kappa shape index (κ1) is 19.3. The van der Waals surface area contributed by atoms with Gasteiger partial charge >= 0.3 is 6.18 Å². The van der Waals surface area contributed by atoms with Crippen LogP contribution in [0.25, 0.3) is 0 Å². The Balaban J connectivity index is 1.62. The van der Waals surface area contributed by atoms with Crippen molar-refractivity contribution < 1.29 is 18.0 Å². The summed E-state index contributed by atoms with van der Waals surface area (Å²) in [4.78, 5) is 12.5. The Bertz CT molecular complexity index is 859. The lowest BCUT2D eigenvalue weighted by molar-refractivity contribution is -0.173. The summed E-state index contributed by atoms with van der Waals surface area (Å²) in [5, 5.41) is 9.98. The van der Waals surface area contributed by atoms with E-state index in [-0.39, 0.29) is 24.0 Å². The summed E-state index contributed by atoms with van der Waals surface area (Å²) < 4.78 is 42.9. The largest absolute Gasteiger partial charge is 0.410 e. The molecule has 4 rings (SSSR count). The smallest absolute Gasteiger partial charge is 0.363 e. The van der Waals surface area contributed by atoms with Crippen LogP contribution >= 0.6 is 15.9 Å². The lowest BCUT2D eigenvalue weighted by atomic mass is 9.97. The minimum Gasteiger partial charge on any atom is -0.363 e. The van der Waals surface area contributed by atoms with Crippen LogP contribution in [-0.4, -0.2) is 27.9 Å². The topological polar surface area (TPSA) is 59.0 Å². The summed E-state index contributed by atoms with van der Waals surface area (Å²) in [7, 11) is 0. The number of aromatic nitrogens is 2. The SMILES string of the molecule is O=C(NC1CCCC1)c1cc2n(n1)[C@@H](C(F)(F)F)C[C@H](c1ccc(Br)cc1)N2. The number of hydrogen-bond donors (Lipinski definition) is 2. The number of nitrogens with zero attached hydrogens (tertiary/aromatic N) is 2. The van der Waals surface area contributed by atoms with Crippen LogP contribution in [0, 0.1) is 0 Å². The second kappa shape index (κ2) is 7.42. The normalized spacial score (nSPS) is 22.6. The molecule has 0 unspecified atom stereocenters. The van der Waals surface area contributed by atoms with Crippen molar-refractivity contribution in [2.45, 2.75) is 56.4 Å². The zero-order valence-corrected chi connectivity index (χ0v) is 16.6. The molecule has 1 aromatic heterocycles. The molecule has 0 radical (unpaired) electrons. The Labute approximate surface area is 168 Å². The number of carbonyl (C=O) groups is 1. The fourth-order valence-electron chi connectivity index (χ4n) is 3.93. The summed E-state index contributed by atoms with van der Waals surface area (Å²) in [5.74, 6) is -0.213. The molecule has 2 heterocycles. The van der Waals surface area contributed by atoms with E-state index in [1.807, 2.05) is 0 Å². The molecule has 1 fully saturated rings. The number of amides is 1. The number of rotatable bonds is 3. The predicted molar refractivity (Wildman–Crippen MR) is 102 cm³/mol. The second-order valence-electron chi connectivity index (χ2n) is 7.36. The van der Waals surface area contributed by atoms with Crippen LogP contribution in [0.3, 0.4) is 0 Å². The maximum absolute atomic E-state index is 13.7. The van der Waals surface area contributed by atoms with Gasteiger partial charge in [-0.15, -0.1) is 0 Å². The van der Waals surface area contributed by atoms with Crippen LogP contribution in [0.5, 0.6) is 0 Å². The molecule has 0 saturated heterocycles. The molecule has 2 atom stereocenters. The van der Waals surface area contributed by atoms with Gasteiger partial charge in [0.15, 0.2) is 11.7 Å². The highest BCUT2D eigenvalue weighted by atomic mass is 79.9. The highest BCUT2D eigenvalue weighted by Crippen LogP contribution is 2.43. The average Bonchev–Trinajstić information content (AvgIpc) is 3.29. The molecule has 1 aliphatic heterocycles. The van der Waals surface area contributed by atoms with Crippen molar-refractivity contribution in [3.8, 4) is 0 Å². The van der Waals surface area contributed by atoms with Crippen LogP contribution in [0.15, 0.2) is 34.8 Å². The average molecular weight is 457 g/mol. The van der Waals surface area contributed by atoms with E-state index in [1.165, 1.54) is 6.07 Å². The Morgan fingerprint density at radius 2 is 1.89 bits per heavy atom. The van der Waals surface area contributed by atoms with E-state index in [0.29, 0.717) is 0 Å². The summed E-state index contributed by atoms with van der Waals surface area (Å²) in [5.41, 5.74) is 0.766. The Kier molecular flexibility index (Phi) is 5.11. The van der Waals surface area contributed by atoms with E-state index in [2.05, 4.69) is 31.7 Å². The maximum Gasteiger partial charge on any atom is 0.410 e. The molecule has 1 aromatic carbocycles. The number of carbonyl (C=O) groups excluding carboxylic acids is 1. The summed E-state index contributed by atoms with van der Waals surface area (Å²) in [6, 6.07) is 6.35. The highest BCUT2D eigenvalue weighted by molar-refractivity contribution is 9.10. The number of anilines is 1. The number of hydrogen-bond acceptors (Lipinski definition) is 3. The number of nitrogens with one attached hydrogen (secondary N) is 2. The standard InChI is InChI=1S/C19H20BrF3N4O/c20-12-7-5-11(6-8-12)14-9-16(19(21,22)23)27-17(25-14)10-15(26-27)18(28)24-13-3-1-2-4-13/h5-8,10,13-14,16,25H,1-4,9H2,(H,24,28)/t14-,16-/m1/s1. The minimum atomic E-state index is -4.46. The van der Waals surface area contributed by atoms with Crippen molar-refractivity contribution in [1.29, 1.82) is 0 Å². The fraction of sp³-hybridized carbons (Fsp3) is 0.474. The van der Waals surface area contributed by atoms with Crippen LogP contribution in [0.1, 0.15) is 60.2 Å². The van der Waals surface area contributed by atoms with Gasteiger partial charge in [-0.2, -0.15) is 18.3 Å². The molecule has 2 aromatic rings. The molecule has 1 aliphatic carbocycles. The molecule has 1 saturated carbocycles. The maximum atomic E-state index is 13.7. The molecule has 0 bridgehead atoms. The van der Waals surface area contributed by atoms with Crippen molar-refractivity contribution in [2.75, 3.05) is 5.32 Å². The molecule has 2 aliphatic rings. The van der Waals surface area contributed by atoms with E-state index < -0.39 is 24.2 Å². The quantitative estimate of drug-likeness (QED) is 0.684. The molecule has 0 spiro atoms. The fourth-order valence-corrected chi connectivity index (χ4v) is 4.19. The number of fused-ring (bicyclic) bond motifs is 1. The van der Waals surface area contributed by atoms with Gasteiger partial charge in [0.05, 0.1) is 6.04 Å². The van der Waals surface area contributed by atoms with Gasteiger partial charge < -0.3 is 10.6 Å². The Morgan fingerprint density at radius 3 is 2.54 bits per heavy atom. The van der Waals surface area contributed by atoms with Gasteiger partial charge in [0.1, 0.15) is 5.82 Å². The van der Waals surface area contributed by atoms with Crippen molar-refractivity contribution >= 4 is 27.7 Å².